The number of carbonyl (C=O) groups is 2. The molecule has 3 N–H and O–H groups in total. The number of anilines is 1. The summed E-state index contributed by atoms with van der Waals surface area (Å²) < 4.78 is 0.807. The number of nitrogens with two attached hydrogens (primary N) is 1. The van der Waals surface area contributed by atoms with Gasteiger partial charge in [-0.1, -0.05) is 17.8 Å². The maximum absolute atomic E-state index is 11.9. The molecule has 1 aromatic carbocycles. The summed E-state index contributed by atoms with van der Waals surface area (Å²) in [6.07, 6.45) is 0.0635. The number of hydrogen-bond donors (Lipinski definition) is 2. The van der Waals surface area contributed by atoms with E-state index in [0.29, 0.717) is 5.69 Å². The number of aliphatic imine (C=N–C) groups is 1. The van der Waals surface area contributed by atoms with Crippen molar-refractivity contribution < 1.29 is 9.59 Å². The molecule has 0 unspecified atom stereocenters. The quantitative estimate of drug-likeness (QED) is 0.880. The standard InChI is InChI=1S/C12H12BrN3O2S/c1-6-2-3-8(7(13)4-6)15-10(17)5-9-11(18)16-12(14)19-9/h2-4,9H,5H2,1H3,(H,15,17)(H2,14,16,18)/t9-/m0/s1. The zero-order valence-electron chi connectivity index (χ0n) is 10.1. The Morgan fingerprint density at radius 2 is 2.32 bits per heavy atom. The van der Waals surface area contributed by atoms with Gasteiger partial charge in [0.1, 0.15) is 5.25 Å². The van der Waals surface area contributed by atoms with Gasteiger partial charge in [-0.3, -0.25) is 9.59 Å². The van der Waals surface area contributed by atoms with Crippen molar-refractivity contribution in [3.05, 3.63) is 28.2 Å². The van der Waals surface area contributed by atoms with Crippen molar-refractivity contribution >= 4 is 50.4 Å². The molecule has 100 valence electrons. The van der Waals surface area contributed by atoms with E-state index in [2.05, 4.69) is 26.2 Å². The van der Waals surface area contributed by atoms with Gasteiger partial charge in [0.15, 0.2) is 5.17 Å². The predicted molar refractivity (Wildman–Crippen MR) is 80.1 cm³/mol. The Labute approximate surface area is 123 Å². The van der Waals surface area contributed by atoms with E-state index in [4.69, 9.17) is 5.73 Å². The molecule has 1 atom stereocenters. The van der Waals surface area contributed by atoms with Crippen LogP contribution in [0.5, 0.6) is 0 Å². The Bertz CT molecular complexity index is 574. The van der Waals surface area contributed by atoms with E-state index >= 15 is 0 Å². The topological polar surface area (TPSA) is 84.6 Å². The molecule has 0 radical (unpaired) electrons. The van der Waals surface area contributed by atoms with Crippen LogP contribution in [-0.4, -0.2) is 22.2 Å². The largest absolute Gasteiger partial charge is 0.378 e. The highest BCUT2D eigenvalue weighted by atomic mass is 79.9. The number of aryl methyl sites for hydroxylation is 1. The normalized spacial score (nSPS) is 18.3. The van der Waals surface area contributed by atoms with Crippen LogP contribution in [0.1, 0.15) is 12.0 Å². The van der Waals surface area contributed by atoms with Gasteiger partial charge >= 0.3 is 0 Å². The summed E-state index contributed by atoms with van der Waals surface area (Å²) in [7, 11) is 0. The molecule has 7 heteroatoms. The van der Waals surface area contributed by atoms with E-state index in [9.17, 15) is 9.59 Å². The zero-order valence-corrected chi connectivity index (χ0v) is 12.5. The first kappa shape index (κ1) is 14.1. The van der Waals surface area contributed by atoms with Crippen LogP contribution in [0.4, 0.5) is 5.69 Å². The van der Waals surface area contributed by atoms with Crippen LogP contribution >= 0.6 is 27.7 Å². The van der Waals surface area contributed by atoms with Crippen LogP contribution < -0.4 is 11.1 Å². The smallest absolute Gasteiger partial charge is 0.262 e. The number of carbonyl (C=O) groups excluding carboxylic acids is 2. The van der Waals surface area contributed by atoms with Gasteiger partial charge in [0.2, 0.25) is 5.91 Å². The van der Waals surface area contributed by atoms with Gasteiger partial charge in [-0.05, 0) is 40.5 Å². The number of nitrogens with one attached hydrogen (secondary N) is 1. The number of rotatable bonds is 3. The third-order valence-electron chi connectivity index (χ3n) is 2.53. The highest BCUT2D eigenvalue weighted by Gasteiger charge is 2.29. The molecular formula is C12H12BrN3O2S. The van der Waals surface area contributed by atoms with E-state index in [1.165, 1.54) is 0 Å². The van der Waals surface area contributed by atoms with Crippen molar-refractivity contribution in [3.63, 3.8) is 0 Å². The lowest BCUT2D eigenvalue weighted by Crippen LogP contribution is -2.21. The second-order valence-electron chi connectivity index (χ2n) is 4.13. The van der Waals surface area contributed by atoms with Crippen LogP contribution in [0.25, 0.3) is 0 Å². The van der Waals surface area contributed by atoms with Crippen molar-refractivity contribution in [2.75, 3.05) is 5.32 Å². The summed E-state index contributed by atoms with van der Waals surface area (Å²) in [5.74, 6) is -0.582. The van der Waals surface area contributed by atoms with Crippen LogP contribution in [-0.2, 0) is 9.59 Å². The summed E-state index contributed by atoms with van der Waals surface area (Å²) in [4.78, 5) is 26.9. The highest BCUT2D eigenvalue weighted by Crippen LogP contribution is 2.26. The van der Waals surface area contributed by atoms with Crippen molar-refractivity contribution in [1.29, 1.82) is 0 Å². The Morgan fingerprint density at radius 3 is 2.89 bits per heavy atom. The summed E-state index contributed by atoms with van der Waals surface area (Å²) in [5, 5.41) is 2.47. The number of amides is 2. The molecule has 0 saturated carbocycles. The number of benzene rings is 1. The third kappa shape index (κ3) is 3.57. The van der Waals surface area contributed by atoms with Gasteiger partial charge in [0.25, 0.3) is 5.91 Å². The molecule has 1 aromatic rings. The lowest BCUT2D eigenvalue weighted by molar-refractivity contribution is -0.121. The Hall–Kier alpha value is -1.34. The number of nitrogens with zero attached hydrogens (tertiary/aromatic N) is 1. The zero-order chi connectivity index (χ0) is 14.0. The molecule has 0 fully saturated rings. The molecule has 5 nitrogen and oxygen atoms in total. The van der Waals surface area contributed by atoms with E-state index in [-0.39, 0.29) is 23.4 Å². The van der Waals surface area contributed by atoms with Gasteiger partial charge in [0.05, 0.1) is 5.69 Å². The average Bonchev–Trinajstić information content (AvgIpc) is 2.61. The molecule has 0 bridgehead atoms. The fourth-order valence-corrected chi connectivity index (χ4v) is 3.04. The maximum Gasteiger partial charge on any atom is 0.262 e. The number of hydrogen-bond acceptors (Lipinski definition) is 4. The molecule has 0 aliphatic carbocycles. The molecular weight excluding hydrogens is 330 g/mol. The van der Waals surface area contributed by atoms with Crippen molar-refractivity contribution in [2.45, 2.75) is 18.6 Å². The van der Waals surface area contributed by atoms with E-state index < -0.39 is 5.25 Å². The van der Waals surface area contributed by atoms with Gasteiger partial charge in [-0.25, -0.2) is 0 Å². The SMILES string of the molecule is Cc1ccc(NC(=O)C[C@@H]2SC(N)=NC2=O)c(Br)c1. The average molecular weight is 342 g/mol. The maximum atomic E-state index is 11.9. The van der Waals surface area contributed by atoms with Crippen LogP contribution in [0.15, 0.2) is 27.7 Å². The molecule has 1 aliphatic rings. The minimum Gasteiger partial charge on any atom is -0.378 e. The van der Waals surface area contributed by atoms with E-state index in [0.717, 1.165) is 21.8 Å². The van der Waals surface area contributed by atoms with Crippen molar-refractivity contribution in [1.82, 2.24) is 0 Å². The molecule has 1 aliphatic heterocycles. The molecule has 0 spiro atoms. The summed E-state index contributed by atoms with van der Waals surface area (Å²) in [5.41, 5.74) is 7.21. The second kappa shape index (κ2) is 5.75. The molecule has 1 heterocycles. The van der Waals surface area contributed by atoms with E-state index in [1.54, 1.807) is 0 Å². The fraction of sp³-hybridized carbons (Fsp3) is 0.250. The van der Waals surface area contributed by atoms with Crippen molar-refractivity contribution in [3.8, 4) is 0 Å². The Kier molecular flexibility index (Phi) is 4.26. The fourth-order valence-electron chi connectivity index (χ4n) is 1.62. The number of amidine groups is 1. The third-order valence-corrected chi connectivity index (χ3v) is 4.17. The highest BCUT2D eigenvalue weighted by molar-refractivity contribution is 9.10. The monoisotopic (exact) mass is 341 g/mol. The first-order chi connectivity index (χ1) is 8.95. The predicted octanol–water partition coefficient (Wildman–Crippen LogP) is 2.04. The molecule has 19 heavy (non-hydrogen) atoms. The van der Waals surface area contributed by atoms with Gasteiger partial charge in [0, 0.05) is 10.9 Å². The lowest BCUT2D eigenvalue weighted by Gasteiger charge is -2.09. The summed E-state index contributed by atoms with van der Waals surface area (Å²) in [6, 6.07) is 5.62. The second-order valence-corrected chi connectivity index (χ2v) is 6.21. The Balaban J connectivity index is 1.97. The van der Waals surface area contributed by atoms with Crippen molar-refractivity contribution in [2.24, 2.45) is 10.7 Å². The van der Waals surface area contributed by atoms with Crippen LogP contribution in [0.2, 0.25) is 0 Å². The first-order valence-electron chi connectivity index (χ1n) is 5.56. The molecule has 2 amide bonds. The molecule has 0 saturated heterocycles. The Morgan fingerprint density at radius 1 is 1.58 bits per heavy atom. The summed E-state index contributed by atoms with van der Waals surface area (Å²) in [6.45, 7) is 1.96. The molecule has 0 aromatic heterocycles. The lowest BCUT2D eigenvalue weighted by atomic mass is 10.2. The van der Waals surface area contributed by atoms with E-state index in [1.807, 2.05) is 25.1 Å². The number of halogens is 1. The molecule has 2 rings (SSSR count). The number of thioether (sulfide) groups is 1. The van der Waals surface area contributed by atoms with Crippen LogP contribution in [0.3, 0.4) is 0 Å². The minimum atomic E-state index is -0.510. The minimum absolute atomic E-state index is 0.0635. The van der Waals surface area contributed by atoms with Gasteiger partial charge in [-0.15, -0.1) is 0 Å². The van der Waals surface area contributed by atoms with Crippen LogP contribution in [0, 0.1) is 6.92 Å². The summed E-state index contributed by atoms with van der Waals surface area (Å²) >= 11 is 4.51. The first-order valence-corrected chi connectivity index (χ1v) is 7.23. The van der Waals surface area contributed by atoms with Gasteiger partial charge < -0.3 is 11.1 Å². The van der Waals surface area contributed by atoms with Gasteiger partial charge in [-0.2, -0.15) is 4.99 Å².